The topological polar surface area (TPSA) is 38.7 Å². The van der Waals surface area contributed by atoms with Crippen molar-refractivity contribution in [1.82, 2.24) is 0 Å². The Morgan fingerprint density at radius 3 is 2.50 bits per heavy atom. The molecule has 0 aliphatic carbocycles. The van der Waals surface area contributed by atoms with Crippen LogP contribution in [0.25, 0.3) is 0 Å². The molecule has 0 atom stereocenters. The van der Waals surface area contributed by atoms with Crippen LogP contribution in [0.15, 0.2) is 5.34 Å². The first-order chi connectivity index (χ1) is 4.62. The minimum atomic E-state index is -0.377. The average molecular weight is 145 g/mol. The molecule has 0 saturated heterocycles. The lowest BCUT2D eigenvalue weighted by molar-refractivity contribution is -0.0247. The van der Waals surface area contributed by atoms with Gasteiger partial charge in [-0.1, -0.05) is 13.3 Å². The molecule has 0 heterocycles. The van der Waals surface area contributed by atoms with Gasteiger partial charge in [0, 0.05) is 0 Å². The van der Waals surface area contributed by atoms with E-state index in [1.54, 1.807) is 0 Å². The molecule has 0 radical (unpaired) electrons. The van der Waals surface area contributed by atoms with Crippen LogP contribution in [-0.4, -0.2) is 5.60 Å². The second-order valence-electron chi connectivity index (χ2n) is 3.03. The predicted molar refractivity (Wildman–Crippen MR) is 40.5 cm³/mol. The van der Waals surface area contributed by atoms with Crippen LogP contribution in [0.2, 0.25) is 0 Å². The fourth-order valence-electron chi connectivity index (χ4n) is 0.749. The molecule has 0 rings (SSSR count). The van der Waals surface area contributed by atoms with Crippen LogP contribution in [0, 0.1) is 4.91 Å². The Balaban J connectivity index is 3.51. The van der Waals surface area contributed by atoms with Gasteiger partial charge >= 0.3 is 0 Å². The summed E-state index contributed by atoms with van der Waals surface area (Å²) in [6.45, 7) is 5.83. The van der Waals surface area contributed by atoms with E-state index in [1.165, 1.54) is 0 Å². The number of nitrogens with zero attached hydrogens (tertiary/aromatic N) is 1. The molecule has 0 N–H and O–H groups in total. The summed E-state index contributed by atoms with van der Waals surface area (Å²) < 4.78 is 0. The summed E-state index contributed by atoms with van der Waals surface area (Å²) in [6.07, 6.45) is 3.07. The van der Waals surface area contributed by atoms with Crippen molar-refractivity contribution in [1.29, 1.82) is 0 Å². The van der Waals surface area contributed by atoms with Crippen molar-refractivity contribution in [3.63, 3.8) is 0 Å². The molecule has 0 aliphatic heterocycles. The maximum absolute atomic E-state index is 9.71. The molecule has 0 aromatic heterocycles. The third-order valence-electron chi connectivity index (χ3n) is 1.42. The Labute approximate surface area is 61.7 Å². The summed E-state index contributed by atoms with van der Waals surface area (Å²) in [4.78, 5) is 14.3. The van der Waals surface area contributed by atoms with E-state index >= 15 is 0 Å². The molecule has 0 unspecified atom stereocenters. The Morgan fingerprint density at radius 1 is 1.50 bits per heavy atom. The molecule has 0 aromatic rings. The van der Waals surface area contributed by atoms with Gasteiger partial charge in [-0.3, -0.25) is 0 Å². The largest absolute Gasteiger partial charge is 0.358 e. The third-order valence-corrected chi connectivity index (χ3v) is 1.42. The normalized spacial score (nSPS) is 11.1. The maximum atomic E-state index is 9.71. The van der Waals surface area contributed by atoms with E-state index in [1.807, 2.05) is 13.8 Å². The first kappa shape index (κ1) is 9.40. The third kappa shape index (κ3) is 4.30. The van der Waals surface area contributed by atoms with E-state index in [9.17, 15) is 4.91 Å². The van der Waals surface area contributed by atoms with E-state index in [2.05, 4.69) is 17.1 Å². The summed E-state index contributed by atoms with van der Waals surface area (Å²) in [5.41, 5.74) is -0.377. The molecule has 0 amide bonds. The molecule has 0 fully saturated rings. The van der Waals surface area contributed by atoms with E-state index in [0.29, 0.717) is 0 Å². The Morgan fingerprint density at radius 2 is 2.10 bits per heavy atom. The minimum absolute atomic E-state index is 0.377. The van der Waals surface area contributed by atoms with E-state index < -0.39 is 0 Å². The maximum Gasteiger partial charge on any atom is 0.155 e. The van der Waals surface area contributed by atoms with Crippen LogP contribution < -0.4 is 0 Å². The van der Waals surface area contributed by atoms with Crippen LogP contribution >= 0.6 is 0 Å². The molecule has 0 aromatic carbocycles. The smallest absolute Gasteiger partial charge is 0.155 e. The SMILES string of the molecule is CCCCC(C)(C)ON=O. The molecule has 3 heteroatoms. The van der Waals surface area contributed by atoms with Crippen molar-refractivity contribution in [2.45, 2.75) is 45.6 Å². The van der Waals surface area contributed by atoms with Gasteiger partial charge in [0.15, 0.2) is 5.34 Å². The molecule has 0 spiro atoms. The van der Waals surface area contributed by atoms with Gasteiger partial charge in [-0.05, 0) is 26.7 Å². The van der Waals surface area contributed by atoms with Crippen molar-refractivity contribution in [2.75, 3.05) is 0 Å². The number of hydrogen-bond donors (Lipinski definition) is 0. The molecule has 3 nitrogen and oxygen atoms in total. The number of hydrogen-bond acceptors (Lipinski definition) is 3. The molecule has 0 bridgehead atoms. The van der Waals surface area contributed by atoms with Gasteiger partial charge in [0.1, 0.15) is 5.60 Å². The lowest BCUT2D eigenvalue weighted by atomic mass is 10.0. The summed E-state index contributed by atoms with van der Waals surface area (Å²) in [7, 11) is 0. The second kappa shape index (κ2) is 4.25. The Kier molecular flexibility index (Phi) is 4.00. The second-order valence-corrected chi connectivity index (χ2v) is 3.03. The molecule has 10 heavy (non-hydrogen) atoms. The summed E-state index contributed by atoms with van der Waals surface area (Å²) in [5, 5.41) is 2.41. The highest BCUT2D eigenvalue weighted by atomic mass is 16.7. The predicted octanol–water partition coefficient (Wildman–Crippen LogP) is 2.65. The highest BCUT2D eigenvalue weighted by Crippen LogP contribution is 2.17. The van der Waals surface area contributed by atoms with Gasteiger partial charge in [0.2, 0.25) is 0 Å². The zero-order valence-corrected chi connectivity index (χ0v) is 6.89. The standard InChI is InChI=1S/C7H15NO2/c1-4-5-6-7(2,3)10-8-9/h4-6H2,1-3H3. The van der Waals surface area contributed by atoms with Crippen LogP contribution in [0.3, 0.4) is 0 Å². The fourth-order valence-corrected chi connectivity index (χ4v) is 0.749. The van der Waals surface area contributed by atoms with Crippen molar-refractivity contribution in [3.8, 4) is 0 Å². The summed E-state index contributed by atoms with van der Waals surface area (Å²) in [5.74, 6) is 0. The van der Waals surface area contributed by atoms with E-state index in [-0.39, 0.29) is 5.60 Å². The Bertz CT molecular complexity index is 102. The van der Waals surface area contributed by atoms with Crippen LogP contribution in [-0.2, 0) is 4.84 Å². The van der Waals surface area contributed by atoms with E-state index in [0.717, 1.165) is 19.3 Å². The number of rotatable bonds is 5. The van der Waals surface area contributed by atoms with Crippen molar-refractivity contribution in [2.24, 2.45) is 5.34 Å². The van der Waals surface area contributed by atoms with Crippen molar-refractivity contribution < 1.29 is 4.84 Å². The highest BCUT2D eigenvalue weighted by Gasteiger charge is 2.18. The van der Waals surface area contributed by atoms with Crippen LogP contribution in [0.5, 0.6) is 0 Å². The molecule has 0 saturated carbocycles. The quantitative estimate of drug-likeness (QED) is 0.440. The molecular weight excluding hydrogens is 130 g/mol. The van der Waals surface area contributed by atoms with Crippen LogP contribution in [0.1, 0.15) is 40.0 Å². The minimum Gasteiger partial charge on any atom is -0.358 e. The monoisotopic (exact) mass is 145 g/mol. The average Bonchev–Trinajstić information content (AvgIpc) is 1.84. The first-order valence-corrected chi connectivity index (χ1v) is 3.63. The molecule has 60 valence electrons. The summed E-state index contributed by atoms with van der Waals surface area (Å²) in [6, 6.07) is 0. The molecule has 0 aliphatic rings. The number of unbranched alkanes of at least 4 members (excludes halogenated alkanes) is 1. The van der Waals surface area contributed by atoms with Gasteiger partial charge in [0.25, 0.3) is 0 Å². The van der Waals surface area contributed by atoms with Gasteiger partial charge in [-0.15, -0.1) is 4.91 Å². The van der Waals surface area contributed by atoms with Crippen molar-refractivity contribution in [3.05, 3.63) is 4.91 Å². The highest BCUT2D eigenvalue weighted by molar-refractivity contribution is 4.66. The van der Waals surface area contributed by atoms with E-state index in [4.69, 9.17) is 0 Å². The lowest BCUT2D eigenvalue weighted by Gasteiger charge is -2.18. The van der Waals surface area contributed by atoms with Gasteiger partial charge in [-0.2, -0.15) is 0 Å². The van der Waals surface area contributed by atoms with Crippen molar-refractivity contribution >= 4 is 0 Å². The van der Waals surface area contributed by atoms with Gasteiger partial charge < -0.3 is 4.84 Å². The van der Waals surface area contributed by atoms with Gasteiger partial charge in [-0.25, -0.2) is 0 Å². The zero-order valence-electron chi connectivity index (χ0n) is 6.89. The Hall–Kier alpha value is -0.600. The van der Waals surface area contributed by atoms with Gasteiger partial charge in [0.05, 0.1) is 0 Å². The van der Waals surface area contributed by atoms with Crippen LogP contribution in [0.4, 0.5) is 0 Å². The summed E-state index contributed by atoms with van der Waals surface area (Å²) >= 11 is 0. The first-order valence-electron chi connectivity index (χ1n) is 3.63. The zero-order chi connectivity index (χ0) is 8.04. The molecular formula is C7H15NO2. The lowest BCUT2D eigenvalue weighted by Crippen LogP contribution is -2.21. The fraction of sp³-hybridized carbons (Fsp3) is 1.00.